The Morgan fingerprint density at radius 3 is 2.64 bits per heavy atom. The number of ether oxygens (including phenoxy) is 1. The molecule has 1 aliphatic rings. The van der Waals surface area contributed by atoms with Crippen molar-refractivity contribution in [2.24, 2.45) is 5.92 Å². The number of amides is 1. The summed E-state index contributed by atoms with van der Waals surface area (Å²) in [7, 11) is -3.54. The molecule has 2 atom stereocenters. The number of hydrogen-bond donors (Lipinski definition) is 1. The van der Waals surface area contributed by atoms with Crippen molar-refractivity contribution in [2.45, 2.75) is 55.9 Å². The lowest BCUT2D eigenvalue weighted by Crippen LogP contribution is -2.34. The molecule has 2 aromatic rings. The van der Waals surface area contributed by atoms with Crippen molar-refractivity contribution < 1.29 is 17.9 Å². The third-order valence-electron chi connectivity index (χ3n) is 4.72. The molecule has 0 aliphatic heterocycles. The lowest BCUT2D eigenvalue weighted by Gasteiger charge is -2.27. The van der Waals surface area contributed by atoms with Crippen LogP contribution in [0.5, 0.6) is 5.75 Å². The Labute approximate surface area is 165 Å². The van der Waals surface area contributed by atoms with Gasteiger partial charge in [-0.15, -0.1) is 0 Å². The van der Waals surface area contributed by atoms with Gasteiger partial charge in [-0.1, -0.05) is 12.5 Å². The number of aromatic nitrogens is 2. The van der Waals surface area contributed by atoms with Crippen LogP contribution in [0.4, 0.5) is 5.82 Å². The summed E-state index contributed by atoms with van der Waals surface area (Å²) in [6, 6.07) is 8.27. The number of carbonyl (C=O) groups excluding carboxylic acids is 1. The van der Waals surface area contributed by atoms with E-state index in [-0.39, 0.29) is 23.0 Å². The lowest BCUT2D eigenvalue weighted by molar-refractivity contribution is -0.120. The molecule has 2 aromatic heterocycles. The molecule has 3 rings (SSSR count). The minimum Gasteiger partial charge on any atom is -0.489 e. The molecule has 7 nitrogen and oxygen atoms in total. The van der Waals surface area contributed by atoms with Gasteiger partial charge in [0, 0.05) is 12.1 Å². The van der Waals surface area contributed by atoms with E-state index in [9.17, 15) is 13.2 Å². The molecular formula is C20H25N3O4S. The van der Waals surface area contributed by atoms with Crippen molar-refractivity contribution in [1.82, 2.24) is 9.97 Å². The molecule has 1 aliphatic carbocycles. The van der Waals surface area contributed by atoms with Crippen LogP contribution in [-0.2, 0) is 14.6 Å². The third-order valence-corrected chi connectivity index (χ3v) is 6.85. The predicted octanol–water partition coefficient (Wildman–Crippen LogP) is 3.24. The van der Waals surface area contributed by atoms with Gasteiger partial charge < -0.3 is 10.1 Å². The van der Waals surface area contributed by atoms with Gasteiger partial charge in [0.05, 0.1) is 17.6 Å². The Morgan fingerprint density at radius 2 is 2.00 bits per heavy atom. The first-order valence-corrected chi connectivity index (χ1v) is 11.0. The summed E-state index contributed by atoms with van der Waals surface area (Å²) in [5.41, 5.74) is 0. The van der Waals surface area contributed by atoms with Crippen molar-refractivity contribution in [3.63, 3.8) is 0 Å². The van der Waals surface area contributed by atoms with E-state index in [1.165, 1.54) is 12.3 Å². The minimum absolute atomic E-state index is 0.0440. The highest BCUT2D eigenvalue weighted by Gasteiger charge is 2.36. The number of hydrogen-bond acceptors (Lipinski definition) is 6. The Morgan fingerprint density at radius 1 is 1.18 bits per heavy atom. The van der Waals surface area contributed by atoms with E-state index < -0.39 is 15.1 Å². The van der Waals surface area contributed by atoms with E-state index in [0.29, 0.717) is 37.3 Å². The zero-order chi connectivity index (χ0) is 20.1. The Hall–Kier alpha value is -2.48. The molecule has 2 heterocycles. The molecule has 0 spiro atoms. The molecule has 1 fully saturated rings. The maximum atomic E-state index is 12.8. The van der Waals surface area contributed by atoms with E-state index in [1.54, 1.807) is 30.5 Å². The predicted molar refractivity (Wildman–Crippen MR) is 106 cm³/mol. The highest BCUT2D eigenvalue weighted by Crippen LogP contribution is 2.32. The van der Waals surface area contributed by atoms with Gasteiger partial charge in [-0.05, 0) is 57.4 Å². The van der Waals surface area contributed by atoms with Crippen LogP contribution in [-0.4, -0.2) is 35.6 Å². The first kappa shape index (κ1) is 20.3. The van der Waals surface area contributed by atoms with Crippen molar-refractivity contribution in [2.75, 3.05) is 5.32 Å². The summed E-state index contributed by atoms with van der Waals surface area (Å²) in [4.78, 5) is 20.8. The molecule has 0 saturated heterocycles. The van der Waals surface area contributed by atoms with Crippen LogP contribution in [0.3, 0.4) is 0 Å². The van der Waals surface area contributed by atoms with Crippen LogP contribution in [0.15, 0.2) is 47.8 Å². The van der Waals surface area contributed by atoms with Crippen LogP contribution < -0.4 is 10.1 Å². The number of nitrogens with zero attached hydrogens (tertiary/aromatic N) is 2. The highest BCUT2D eigenvalue weighted by atomic mass is 32.2. The van der Waals surface area contributed by atoms with Gasteiger partial charge >= 0.3 is 0 Å². The van der Waals surface area contributed by atoms with Gasteiger partial charge in [0.2, 0.25) is 5.91 Å². The second-order valence-electron chi connectivity index (χ2n) is 7.23. The fourth-order valence-corrected chi connectivity index (χ4v) is 5.16. The largest absolute Gasteiger partial charge is 0.489 e. The molecule has 0 aromatic carbocycles. The van der Waals surface area contributed by atoms with Gasteiger partial charge in [-0.2, -0.15) is 0 Å². The van der Waals surface area contributed by atoms with Crippen LogP contribution in [0, 0.1) is 5.92 Å². The second kappa shape index (κ2) is 8.68. The maximum Gasteiger partial charge on any atom is 0.228 e. The van der Waals surface area contributed by atoms with Crippen LogP contribution in [0.1, 0.15) is 39.5 Å². The molecule has 8 heteroatoms. The fourth-order valence-electron chi connectivity index (χ4n) is 3.38. The molecule has 1 saturated carbocycles. The standard InChI is InChI=1S/C20H25N3O4S/c1-14(2)27-16-9-10-18(22-13-16)23-20(24)15-6-5-7-17(12-15)28(25,26)19-8-3-4-11-21-19/h3-4,8-11,13-15,17H,5-7,12H2,1-2H3,(H,22,23,24)/t15-,17-/m1/s1. The summed E-state index contributed by atoms with van der Waals surface area (Å²) in [6.45, 7) is 3.85. The van der Waals surface area contributed by atoms with E-state index in [2.05, 4.69) is 15.3 Å². The van der Waals surface area contributed by atoms with Gasteiger partial charge in [0.25, 0.3) is 0 Å². The molecule has 0 bridgehead atoms. The molecule has 28 heavy (non-hydrogen) atoms. The van der Waals surface area contributed by atoms with Crippen molar-refractivity contribution >= 4 is 21.6 Å². The SMILES string of the molecule is CC(C)Oc1ccc(NC(=O)[C@@H]2CCC[C@@H](S(=O)(=O)c3ccccn3)C2)nc1. The smallest absolute Gasteiger partial charge is 0.228 e. The Balaban J connectivity index is 1.64. The number of pyridine rings is 2. The number of anilines is 1. The Kier molecular flexibility index (Phi) is 6.28. The van der Waals surface area contributed by atoms with Crippen LogP contribution >= 0.6 is 0 Å². The fraction of sp³-hybridized carbons (Fsp3) is 0.450. The molecule has 0 radical (unpaired) electrons. The average molecular weight is 404 g/mol. The topological polar surface area (TPSA) is 98.2 Å². The van der Waals surface area contributed by atoms with E-state index in [4.69, 9.17) is 4.74 Å². The number of rotatable bonds is 6. The number of carbonyl (C=O) groups is 1. The first-order valence-electron chi connectivity index (χ1n) is 9.45. The molecule has 0 unspecified atom stereocenters. The van der Waals surface area contributed by atoms with Gasteiger partial charge in [-0.25, -0.2) is 18.4 Å². The van der Waals surface area contributed by atoms with Gasteiger partial charge in [0.1, 0.15) is 11.6 Å². The summed E-state index contributed by atoms with van der Waals surface area (Å²) < 4.78 is 31.2. The summed E-state index contributed by atoms with van der Waals surface area (Å²) in [5, 5.41) is 2.26. The second-order valence-corrected chi connectivity index (χ2v) is 9.41. The molecular weight excluding hydrogens is 378 g/mol. The summed E-state index contributed by atoms with van der Waals surface area (Å²) in [6.07, 6.45) is 5.25. The first-order chi connectivity index (χ1) is 13.4. The van der Waals surface area contributed by atoms with Gasteiger partial charge in [-0.3, -0.25) is 4.79 Å². The number of sulfone groups is 1. The van der Waals surface area contributed by atoms with Crippen molar-refractivity contribution in [3.05, 3.63) is 42.7 Å². The minimum atomic E-state index is -3.54. The highest BCUT2D eigenvalue weighted by molar-refractivity contribution is 7.92. The normalized spacial score (nSPS) is 20.0. The Bertz CT molecular complexity index is 899. The van der Waals surface area contributed by atoms with Crippen LogP contribution in [0.2, 0.25) is 0 Å². The third kappa shape index (κ3) is 4.86. The quantitative estimate of drug-likeness (QED) is 0.795. The monoisotopic (exact) mass is 403 g/mol. The van der Waals surface area contributed by atoms with Crippen molar-refractivity contribution in [3.8, 4) is 5.75 Å². The van der Waals surface area contributed by atoms with E-state index >= 15 is 0 Å². The molecule has 1 N–H and O–H groups in total. The molecule has 150 valence electrons. The average Bonchev–Trinajstić information content (AvgIpc) is 2.70. The summed E-state index contributed by atoms with van der Waals surface area (Å²) in [5.74, 6) is 0.486. The lowest BCUT2D eigenvalue weighted by atomic mass is 9.88. The van der Waals surface area contributed by atoms with Crippen molar-refractivity contribution in [1.29, 1.82) is 0 Å². The van der Waals surface area contributed by atoms with E-state index in [1.807, 2.05) is 13.8 Å². The zero-order valence-electron chi connectivity index (χ0n) is 16.0. The van der Waals surface area contributed by atoms with Crippen LogP contribution in [0.25, 0.3) is 0 Å². The summed E-state index contributed by atoms with van der Waals surface area (Å²) >= 11 is 0. The number of nitrogens with one attached hydrogen (secondary N) is 1. The maximum absolute atomic E-state index is 12.8. The zero-order valence-corrected chi connectivity index (χ0v) is 16.9. The molecule has 1 amide bonds. The van der Waals surface area contributed by atoms with E-state index in [0.717, 1.165) is 0 Å². The van der Waals surface area contributed by atoms with Gasteiger partial charge in [0.15, 0.2) is 14.9 Å².